The molecule has 0 aliphatic heterocycles. The first kappa shape index (κ1) is 12.6. The lowest BCUT2D eigenvalue weighted by atomic mass is 10.2. The maximum atomic E-state index is 12.4. The van der Waals surface area contributed by atoms with Crippen LogP contribution < -0.4 is 0 Å². The zero-order valence-corrected chi connectivity index (χ0v) is 11.3. The second kappa shape index (κ2) is 4.42. The van der Waals surface area contributed by atoms with Crippen molar-refractivity contribution in [1.29, 1.82) is 0 Å². The molecular formula is C11H19N3O2S. The van der Waals surface area contributed by atoms with Crippen LogP contribution in [0.3, 0.4) is 0 Å². The summed E-state index contributed by atoms with van der Waals surface area (Å²) in [5.41, 5.74) is 0. The minimum Gasteiger partial charge on any atom is -0.274 e. The fraction of sp³-hybridized carbons (Fsp3) is 0.727. The van der Waals surface area contributed by atoms with Crippen molar-refractivity contribution in [3.05, 3.63) is 12.4 Å². The third-order valence-electron chi connectivity index (χ3n) is 2.79. The fourth-order valence-corrected chi connectivity index (χ4v) is 3.67. The molecule has 1 aromatic rings. The first-order valence-corrected chi connectivity index (χ1v) is 7.35. The largest absolute Gasteiger partial charge is 0.274 e. The lowest BCUT2D eigenvalue weighted by Gasteiger charge is -2.22. The number of hydrogen-bond acceptors (Lipinski definition) is 3. The van der Waals surface area contributed by atoms with Gasteiger partial charge in [-0.15, -0.1) is 0 Å². The molecule has 1 fully saturated rings. The van der Waals surface area contributed by atoms with Crippen LogP contribution in [0.5, 0.6) is 0 Å². The number of nitrogens with zero attached hydrogens (tertiary/aromatic N) is 3. The standard InChI is InChI=1S/C11H19N3O2S/c1-9(2)7-14(10-4-5-10)17(15,16)11-6-12-13(3)8-11/h6,8-10H,4-5,7H2,1-3H3. The summed E-state index contributed by atoms with van der Waals surface area (Å²) in [6, 6.07) is 0.197. The van der Waals surface area contributed by atoms with Gasteiger partial charge in [0, 0.05) is 25.8 Å². The second-order valence-corrected chi connectivity index (χ2v) is 6.94. The van der Waals surface area contributed by atoms with Gasteiger partial charge in [-0.05, 0) is 18.8 Å². The SMILES string of the molecule is CC(C)CN(C1CC1)S(=O)(=O)c1cnn(C)c1. The lowest BCUT2D eigenvalue weighted by molar-refractivity contribution is 0.360. The van der Waals surface area contributed by atoms with E-state index >= 15 is 0 Å². The van der Waals surface area contributed by atoms with Crippen LogP contribution in [-0.4, -0.2) is 35.1 Å². The van der Waals surface area contributed by atoms with E-state index in [9.17, 15) is 8.42 Å². The van der Waals surface area contributed by atoms with E-state index < -0.39 is 10.0 Å². The number of hydrogen-bond donors (Lipinski definition) is 0. The van der Waals surface area contributed by atoms with Crippen LogP contribution in [0.25, 0.3) is 0 Å². The summed E-state index contributed by atoms with van der Waals surface area (Å²) in [7, 11) is -1.64. The molecule has 5 nitrogen and oxygen atoms in total. The van der Waals surface area contributed by atoms with Crippen LogP contribution in [0.2, 0.25) is 0 Å². The van der Waals surface area contributed by atoms with E-state index in [1.54, 1.807) is 17.5 Å². The number of aryl methyl sites for hydroxylation is 1. The number of sulfonamides is 1. The van der Waals surface area contributed by atoms with Crippen molar-refractivity contribution in [3.8, 4) is 0 Å². The molecule has 6 heteroatoms. The summed E-state index contributed by atoms with van der Waals surface area (Å²) in [5, 5.41) is 3.94. The van der Waals surface area contributed by atoms with Crippen molar-refractivity contribution < 1.29 is 8.42 Å². The van der Waals surface area contributed by atoms with E-state index in [1.807, 2.05) is 13.8 Å². The summed E-state index contributed by atoms with van der Waals surface area (Å²) >= 11 is 0. The van der Waals surface area contributed by atoms with Gasteiger partial charge in [0.2, 0.25) is 10.0 Å². The van der Waals surface area contributed by atoms with Crippen LogP contribution in [0, 0.1) is 5.92 Å². The summed E-state index contributed by atoms with van der Waals surface area (Å²) in [6.07, 6.45) is 4.94. The predicted molar refractivity (Wildman–Crippen MR) is 65.0 cm³/mol. The predicted octanol–water partition coefficient (Wildman–Crippen LogP) is 1.23. The van der Waals surface area contributed by atoms with Gasteiger partial charge in [0.15, 0.2) is 0 Å². The molecule has 1 saturated carbocycles. The Balaban J connectivity index is 2.28. The molecule has 17 heavy (non-hydrogen) atoms. The maximum absolute atomic E-state index is 12.4. The Kier molecular flexibility index (Phi) is 3.27. The molecule has 1 aliphatic carbocycles. The van der Waals surface area contributed by atoms with Crippen molar-refractivity contribution in [1.82, 2.24) is 14.1 Å². The first-order valence-electron chi connectivity index (χ1n) is 5.91. The van der Waals surface area contributed by atoms with E-state index in [4.69, 9.17) is 0 Å². The van der Waals surface area contributed by atoms with Crippen molar-refractivity contribution in [2.75, 3.05) is 6.54 Å². The second-order valence-electron chi connectivity index (χ2n) is 5.05. The molecular weight excluding hydrogens is 238 g/mol. The molecule has 0 radical (unpaired) electrons. The van der Waals surface area contributed by atoms with Crippen LogP contribution >= 0.6 is 0 Å². The Morgan fingerprint density at radius 3 is 2.59 bits per heavy atom. The minimum absolute atomic E-state index is 0.197. The maximum Gasteiger partial charge on any atom is 0.246 e. The third kappa shape index (κ3) is 2.69. The number of rotatable bonds is 5. The van der Waals surface area contributed by atoms with Gasteiger partial charge in [0.25, 0.3) is 0 Å². The lowest BCUT2D eigenvalue weighted by Crippen LogP contribution is -2.35. The first-order chi connectivity index (χ1) is 7.91. The van der Waals surface area contributed by atoms with Crippen molar-refractivity contribution in [2.45, 2.75) is 37.6 Å². The molecule has 0 aromatic carbocycles. The van der Waals surface area contributed by atoms with E-state index in [0.29, 0.717) is 17.4 Å². The van der Waals surface area contributed by atoms with Gasteiger partial charge in [-0.3, -0.25) is 4.68 Å². The Hall–Kier alpha value is -0.880. The summed E-state index contributed by atoms with van der Waals surface area (Å²) in [4.78, 5) is 0.299. The fourth-order valence-electron chi connectivity index (χ4n) is 1.83. The van der Waals surface area contributed by atoms with E-state index in [0.717, 1.165) is 12.8 Å². The minimum atomic E-state index is -3.36. The van der Waals surface area contributed by atoms with Crippen molar-refractivity contribution >= 4 is 10.0 Å². The molecule has 0 N–H and O–H groups in total. The molecule has 0 atom stereocenters. The van der Waals surface area contributed by atoms with Gasteiger partial charge in [0.1, 0.15) is 4.90 Å². The summed E-state index contributed by atoms with van der Waals surface area (Å²) in [6.45, 7) is 4.66. The molecule has 1 aromatic heterocycles. The molecule has 1 aliphatic rings. The Morgan fingerprint density at radius 1 is 1.53 bits per heavy atom. The van der Waals surface area contributed by atoms with Gasteiger partial charge in [-0.25, -0.2) is 8.42 Å². The van der Waals surface area contributed by atoms with E-state index in [2.05, 4.69) is 5.10 Å². The van der Waals surface area contributed by atoms with Crippen LogP contribution in [0.15, 0.2) is 17.3 Å². The summed E-state index contributed by atoms with van der Waals surface area (Å²) in [5.74, 6) is 0.335. The van der Waals surface area contributed by atoms with Gasteiger partial charge in [-0.1, -0.05) is 13.8 Å². The van der Waals surface area contributed by atoms with Gasteiger partial charge in [0.05, 0.1) is 6.20 Å². The van der Waals surface area contributed by atoms with Crippen LogP contribution in [0.4, 0.5) is 0 Å². The highest BCUT2D eigenvalue weighted by Crippen LogP contribution is 2.32. The monoisotopic (exact) mass is 257 g/mol. The molecule has 0 unspecified atom stereocenters. The average Bonchev–Trinajstić information content (AvgIpc) is 2.96. The summed E-state index contributed by atoms with van der Waals surface area (Å²) < 4.78 is 28.0. The van der Waals surface area contributed by atoms with E-state index in [1.165, 1.54) is 10.9 Å². The Labute approximate surface area is 102 Å². The number of aromatic nitrogens is 2. The van der Waals surface area contributed by atoms with Crippen LogP contribution in [0.1, 0.15) is 26.7 Å². The van der Waals surface area contributed by atoms with Gasteiger partial charge < -0.3 is 0 Å². The quantitative estimate of drug-likeness (QED) is 0.797. The molecule has 0 amide bonds. The molecule has 0 spiro atoms. The molecule has 1 heterocycles. The highest BCUT2D eigenvalue weighted by Gasteiger charge is 2.38. The van der Waals surface area contributed by atoms with Crippen molar-refractivity contribution in [2.24, 2.45) is 13.0 Å². The highest BCUT2D eigenvalue weighted by molar-refractivity contribution is 7.89. The van der Waals surface area contributed by atoms with Gasteiger partial charge >= 0.3 is 0 Å². The van der Waals surface area contributed by atoms with Crippen molar-refractivity contribution in [3.63, 3.8) is 0 Å². The van der Waals surface area contributed by atoms with Crippen LogP contribution in [-0.2, 0) is 17.1 Å². The molecule has 0 bridgehead atoms. The Bertz CT molecular complexity index is 489. The molecule has 96 valence electrons. The zero-order chi connectivity index (χ0) is 12.6. The molecule has 2 rings (SSSR count). The smallest absolute Gasteiger partial charge is 0.246 e. The topological polar surface area (TPSA) is 55.2 Å². The van der Waals surface area contributed by atoms with E-state index in [-0.39, 0.29) is 6.04 Å². The normalized spacial score (nSPS) is 17.0. The average molecular weight is 257 g/mol. The van der Waals surface area contributed by atoms with Gasteiger partial charge in [-0.2, -0.15) is 9.40 Å². The highest BCUT2D eigenvalue weighted by atomic mass is 32.2. The molecule has 0 saturated heterocycles. The zero-order valence-electron chi connectivity index (χ0n) is 10.5. The Morgan fingerprint density at radius 2 is 2.18 bits per heavy atom. The third-order valence-corrected chi connectivity index (χ3v) is 4.66.